The number of rotatable bonds is 1. The van der Waals surface area contributed by atoms with Crippen LogP contribution in [0.15, 0.2) is 47.5 Å². The van der Waals surface area contributed by atoms with E-state index in [0.29, 0.717) is 6.61 Å². The van der Waals surface area contributed by atoms with Crippen LogP contribution in [0.2, 0.25) is 0 Å². The molecule has 0 aliphatic carbocycles. The monoisotopic (exact) mass is 197 g/mol. The number of aliphatic imine (C=N–C) groups is 1. The SMILES string of the molecule is C1=N[C@@H](c2cccc3ccccc23)CO1. The van der Waals surface area contributed by atoms with Crippen molar-refractivity contribution in [3.8, 4) is 0 Å². The highest BCUT2D eigenvalue weighted by Crippen LogP contribution is 2.28. The van der Waals surface area contributed by atoms with Gasteiger partial charge in [0, 0.05) is 0 Å². The minimum atomic E-state index is 0.163. The standard InChI is InChI=1S/C13H11NO/c1-2-6-11-10(4-1)5-3-7-12(11)13-8-15-9-14-13/h1-7,9,13H,8H2/t13-/m1/s1. The van der Waals surface area contributed by atoms with Crippen molar-refractivity contribution < 1.29 is 4.74 Å². The van der Waals surface area contributed by atoms with Crippen LogP contribution < -0.4 is 0 Å². The van der Waals surface area contributed by atoms with Gasteiger partial charge in [-0.2, -0.15) is 0 Å². The number of hydrogen-bond acceptors (Lipinski definition) is 2. The Morgan fingerprint density at radius 3 is 2.80 bits per heavy atom. The van der Waals surface area contributed by atoms with E-state index >= 15 is 0 Å². The first-order valence-electron chi connectivity index (χ1n) is 5.06. The highest BCUT2D eigenvalue weighted by atomic mass is 16.5. The minimum Gasteiger partial charge on any atom is -0.481 e. The summed E-state index contributed by atoms with van der Waals surface area (Å²) in [6.45, 7) is 0.661. The van der Waals surface area contributed by atoms with Crippen LogP contribution in [0.3, 0.4) is 0 Å². The molecule has 1 heterocycles. The first kappa shape index (κ1) is 8.48. The number of ether oxygens (including phenoxy) is 1. The van der Waals surface area contributed by atoms with Gasteiger partial charge in [-0.05, 0) is 16.3 Å². The van der Waals surface area contributed by atoms with E-state index in [1.54, 1.807) is 6.40 Å². The summed E-state index contributed by atoms with van der Waals surface area (Å²) in [4.78, 5) is 4.31. The second kappa shape index (κ2) is 3.39. The summed E-state index contributed by atoms with van der Waals surface area (Å²) in [5.74, 6) is 0. The molecule has 15 heavy (non-hydrogen) atoms. The van der Waals surface area contributed by atoms with Gasteiger partial charge < -0.3 is 4.74 Å². The molecule has 0 N–H and O–H groups in total. The molecule has 74 valence electrons. The molecule has 1 atom stereocenters. The quantitative estimate of drug-likeness (QED) is 0.688. The van der Waals surface area contributed by atoms with Crippen molar-refractivity contribution in [3.05, 3.63) is 48.0 Å². The van der Waals surface area contributed by atoms with Gasteiger partial charge in [0.25, 0.3) is 0 Å². The molecule has 2 nitrogen and oxygen atoms in total. The lowest BCUT2D eigenvalue weighted by Gasteiger charge is -2.09. The lowest BCUT2D eigenvalue weighted by molar-refractivity contribution is 0.331. The molecule has 2 aromatic carbocycles. The summed E-state index contributed by atoms with van der Waals surface area (Å²) in [6, 6.07) is 14.9. The molecule has 0 spiro atoms. The van der Waals surface area contributed by atoms with Gasteiger partial charge in [-0.1, -0.05) is 42.5 Å². The van der Waals surface area contributed by atoms with Gasteiger partial charge in [-0.3, -0.25) is 0 Å². The van der Waals surface area contributed by atoms with Gasteiger partial charge in [-0.25, -0.2) is 4.99 Å². The van der Waals surface area contributed by atoms with Crippen molar-refractivity contribution in [2.45, 2.75) is 6.04 Å². The first-order valence-corrected chi connectivity index (χ1v) is 5.06. The van der Waals surface area contributed by atoms with E-state index in [1.165, 1.54) is 16.3 Å². The topological polar surface area (TPSA) is 21.6 Å². The molecule has 0 radical (unpaired) electrons. The van der Waals surface area contributed by atoms with E-state index in [1.807, 2.05) is 0 Å². The predicted octanol–water partition coefficient (Wildman–Crippen LogP) is 2.94. The second-order valence-corrected chi connectivity index (χ2v) is 3.67. The fourth-order valence-electron chi connectivity index (χ4n) is 2.00. The Bertz CT molecular complexity index is 513. The molecular weight excluding hydrogens is 186 g/mol. The summed E-state index contributed by atoms with van der Waals surface area (Å²) in [5.41, 5.74) is 1.25. The summed E-state index contributed by atoms with van der Waals surface area (Å²) in [6.07, 6.45) is 1.55. The number of nitrogens with zero attached hydrogens (tertiary/aromatic N) is 1. The molecule has 1 aliphatic rings. The summed E-state index contributed by atoms with van der Waals surface area (Å²) in [5, 5.41) is 2.53. The molecular formula is C13H11NO. The van der Waals surface area contributed by atoms with Crippen LogP contribution >= 0.6 is 0 Å². The van der Waals surface area contributed by atoms with E-state index in [4.69, 9.17) is 4.74 Å². The largest absolute Gasteiger partial charge is 0.481 e. The highest BCUT2D eigenvalue weighted by molar-refractivity contribution is 5.86. The van der Waals surface area contributed by atoms with E-state index in [2.05, 4.69) is 47.5 Å². The second-order valence-electron chi connectivity index (χ2n) is 3.67. The molecule has 0 fully saturated rings. The number of benzene rings is 2. The third-order valence-electron chi connectivity index (χ3n) is 2.75. The zero-order valence-electron chi connectivity index (χ0n) is 8.26. The van der Waals surface area contributed by atoms with Crippen molar-refractivity contribution in [1.29, 1.82) is 0 Å². The molecule has 0 aromatic heterocycles. The van der Waals surface area contributed by atoms with Gasteiger partial charge in [0.1, 0.15) is 12.6 Å². The smallest absolute Gasteiger partial charge is 0.170 e. The summed E-state index contributed by atoms with van der Waals surface area (Å²) in [7, 11) is 0. The lowest BCUT2D eigenvalue weighted by Crippen LogP contribution is -1.97. The third kappa shape index (κ3) is 1.38. The first-order chi connectivity index (χ1) is 7.45. The molecule has 3 rings (SSSR count). The van der Waals surface area contributed by atoms with Crippen molar-refractivity contribution in [3.63, 3.8) is 0 Å². The molecule has 2 aromatic rings. The van der Waals surface area contributed by atoms with E-state index in [9.17, 15) is 0 Å². The van der Waals surface area contributed by atoms with Crippen molar-refractivity contribution in [2.24, 2.45) is 4.99 Å². The fraction of sp³-hybridized carbons (Fsp3) is 0.154. The summed E-state index contributed by atoms with van der Waals surface area (Å²) < 4.78 is 5.17. The Hall–Kier alpha value is -1.83. The average Bonchev–Trinajstić information content (AvgIpc) is 2.82. The Labute approximate surface area is 88.2 Å². The van der Waals surface area contributed by atoms with Crippen LogP contribution in [-0.4, -0.2) is 13.0 Å². The van der Waals surface area contributed by atoms with E-state index < -0.39 is 0 Å². The molecule has 0 unspecified atom stereocenters. The van der Waals surface area contributed by atoms with Crippen LogP contribution in [0.25, 0.3) is 10.8 Å². The zero-order valence-corrected chi connectivity index (χ0v) is 8.26. The minimum absolute atomic E-state index is 0.163. The highest BCUT2D eigenvalue weighted by Gasteiger charge is 2.16. The van der Waals surface area contributed by atoms with E-state index in [0.717, 1.165) is 0 Å². The van der Waals surface area contributed by atoms with Gasteiger partial charge in [-0.15, -0.1) is 0 Å². The molecule has 0 saturated carbocycles. The van der Waals surface area contributed by atoms with Gasteiger partial charge in [0.15, 0.2) is 6.40 Å². The lowest BCUT2D eigenvalue weighted by atomic mass is 10.00. The van der Waals surface area contributed by atoms with Gasteiger partial charge in [0.2, 0.25) is 0 Å². The van der Waals surface area contributed by atoms with Crippen LogP contribution in [0.5, 0.6) is 0 Å². The van der Waals surface area contributed by atoms with Crippen LogP contribution in [0, 0.1) is 0 Å². The number of hydrogen-bond donors (Lipinski definition) is 0. The Morgan fingerprint density at radius 1 is 1.07 bits per heavy atom. The van der Waals surface area contributed by atoms with Crippen LogP contribution in [-0.2, 0) is 4.74 Å². The van der Waals surface area contributed by atoms with Crippen LogP contribution in [0.4, 0.5) is 0 Å². The van der Waals surface area contributed by atoms with Crippen molar-refractivity contribution in [1.82, 2.24) is 0 Å². The van der Waals surface area contributed by atoms with Gasteiger partial charge in [0.05, 0.1) is 0 Å². The Kier molecular flexibility index (Phi) is 1.91. The Morgan fingerprint density at radius 2 is 1.93 bits per heavy atom. The molecule has 0 bridgehead atoms. The van der Waals surface area contributed by atoms with Crippen LogP contribution in [0.1, 0.15) is 11.6 Å². The maximum atomic E-state index is 5.17. The molecule has 1 aliphatic heterocycles. The van der Waals surface area contributed by atoms with Crippen molar-refractivity contribution in [2.75, 3.05) is 6.61 Å². The maximum Gasteiger partial charge on any atom is 0.170 e. The number of fused-ring (bicyclic) bond motifs is 1. The Balaban J connectivity index is 2.21. The molecule has 0 saturated heterocycles. The normalized spacial score (nSPS) is 19.3. The fourth-order valence-corrected chi connectivity index (χ4v) is 2.00. The average molecular weight is 197 g/mol. The zero-order chi connectivity index (χ0) is 10.1. The van der Waals surface area contributed by atoms with Crippen molar-refractivity contribution >= 4 is 17.2 Å². The van der Waals surface area contributed by atoms with Gasteiger partial charge >= 0.3 is 0 Å². The van der Waals surface area contributed by atoms with E-state index in [-0.39, 0.29) is 6.04 Å². The summed E-state index contributed by atoms with van der Waals surface area (Å²) >= 11 is 0. The predicted molar refractivity (Wildman–Crippen MR) is 61.1 cm³/mol. The molecule has 2 heteroatoms. The third-order valence-corrected chi connectivity index (χ3v) is 2.75. The maximum absolute atomic E-state index is 5.17. The molecule has 0 amide bonds.